The molecule has 1 atom stereocenters. The van der Waals surface area contributed by atoms with E-state index in [4.69, 9.17) is 0 Å². The van der Waals surface area contributed by atoms with Gasteiger partial charge in [0, 0.05) is 19.6 Å². The van der Waals surface area contributed by atoms with Crippen LogP contribution in [0.15, 0.2) is 41.4 Å². The second-order valence-corrected chi connectivity index (χ2v) is 7.93. The zero-order valence-corrected chi connectivity index (χ0v) is 14.5. The third-order valence-corrected chi connectivity index (χ3v) is 6.60. The summed E-state index contributed by atoms with van der Waals surface area (Å²) in [7, 11) is -3.47. The molecule has 1 aliphatic rings. The van der Waals surface area contributed by atoms with Crippen molar-refractivity contribution >= 4 is 10.0 Å². The molecule has 6 heteroatoms. The number of nitrogens with zero attached hydrogens (tertiary/aromatic N) is 3. The summed E-state index contributed by atoms with van der Waals surface area (Å²) in [5.41, 5.74) is 1.93. The lowest BCUT2D eigenvalue weighted by Crippen LogP contribution is -2.39. The molecule has 0 bridgehead atoms. The number of benzene rings is 1. The molecule has 1 fully saturated rings. The molecule has 0 unspecified atom stereocenters. The maximum absolute atomic E-state index is 13.0. The Labute approximate surface area is 138 Å². The van der Waals surface area contributed by atoms with Gasteiger partial charge >= 0.3 is 0 Å². The molecule has 0 aliphatic carbocycles. The minimum absolute atomic E-state index is 0.265. The maximum atomic E-state index is 13.0. The fourth-order valence-corrected chi connectivity index (χ4v) is 4.98. The topological polar surface area (TPSA) is 55.2 Å². The summed E-state index contributed by atoms with van der Waals surface area (Å²) >= 11 is 0. The first-order chi connectivity index (χ1) is 11.0. The number of piperidine rings is 1. The van der Waals surface area contributed by atoms with Crippen LogP contribution in [0, 0.1) is 6.92 Å². The van der Waals surface area contributed by atoms with Crippen LogP contribution < -0.4 is 0 Å². The zero-order chi connectivity index (χ0) is 16.4. The summed E-state index contributed by atoms with van der Waals surface area (Å²) in [4.78, 5) is 0.341. The van der Waals surface area contributed by atoms with Gasteiger partial charge < -0.3 is 0 Å². The molecule has 1 aromatic heterocycles. The predicted molar refractivity (Wildman–Crippen MR) is 89.8 cm³/mol. The quantitative estimate of drug-likeness (QED) is 0.864. The maximum Gasteiger partial charge on any atom is 0.246 e. The number of aromatic nitrogens is 2. The Kier molecular flexibility index (Phi) is 4.55. The summed E-state index contributed by atoms with van der Waals surface area (Å²) in [5.74, 6) is 0.265. The molecule has 1 saturated heterocycles. The Hall–Kier alpha value is -1.66. The molecule has 124 valence electrons. The van der Waals surface area contributed by atoms with Gasteiger partial charge in [0.1, 0.15) is 4.90 Å². The molecular formula is C17H23N3O2S. The van der Waals surface area contributed by atoms with E-state index in [0.29, 0.717) is 30.2 Å². The van der Waals surface area contributed by atoms with E-state index in [1.165, 1.54) is 11.8 Å². The standard InChI is InChI=1S/C17H23N3O2S/c1-3-20-14(2)17(12-18-20)23(21,22)19-11-7-10-16(13-19)15-8-5-4-6-9-15/h4-6,8-9,12,16H,3,7,10-11,13H2,1-2H3/t16-/m1/s1. The lowest BCUT2D eigenvalue weighted by molar-refractivity contribution is 0.315. The SMILES string of the molecule is CCn1ncc(S(=O)(=O)N2CCC[C@@H](c3ccccc3)C2)c1C. The second kappa shape index (κ2) is 6.45. The monoisotopic (exact) mass is 333 g/mol. The second-order valence-electron chi connectivity index (χ2n) is 6.02. The fourth-order valence-electron chi connectivity index (χ4n) is 3.30. The molecule has 1 aliphatic heterocycles. The molecule has 3 rings (SSSR count). The minimum atomic E-state index is -3.47. The van der Waals surface area contributed by atoms with Crippen molar-refractivity contribution in [1.29, 1.82) is 0 Å². The molecule has 2 aromatic rings. The van der Waals surface area contributed by atoms with Gasteiger partial charge in [-0.2, -0.15) is 9.40 Å². The molecular weight excluding hydrogens is 310 g/mol. The Morgan fingerprint density at radius 3 is 2.65 bits per heavy atom. The summed E-state index contributed by atoms with van der Waals surface area (Å²) in [6, 6.07) is 10.2. The number of hydrogen-bond donors (Lipinski definition) is 0. The Bertz CT molecular complexity index is 768. The largest absolute Gasteiger partial charge is 0.269 e. The Balaban J connectivity index is 1.86. The van der Waals surface area contributed by atoms with Crippen molar-refractivity contribution in [3.63, 3.8) is 0 Å². The molecule has 23 heavy (non-hydrogen) atoms. The van der Waals surface area contributed by atoms with Crippen molar-refractivity contribution in [2.24, 2.45) is 0 Å². The van der Waals surface area contributed by atoms with Gasteiger partial charge in [-0.15, -0.1) is 0 Å². The highest BCUT2D eigenvalue weighted by molar-refractivity contribution is 7.89. The van der Waals surface area contributed by atoms with Crippen LogP contribution in [0.4, 0.5) is 0 Å². The number of hydrogen-bond acceptors (Lipinski definition) is 3. The van der Waals surface area contributed by atoms with Gasteiger partial charge in [-0.3, -0.25) is 4.68 Å². The average molecular weight is 333 g/mol. The van der Waals surface area contributed by atoms with Crippen LogP contribution in [0.1, 0.15) is 36.9 Å². The van der Waals surface area contributed by atoms with Gasteiger partial charge in [-0.05, 0) is 38.2 Å². The highest BCUT2D eigenvalue weighted by Gasteiger charge is 2.33. The van der Waals surface area contributed by atoms with Crippen molar-refractivity contribution in [2.75, 3.05) is 13.1 Å². The van der Waals surface area contributed by atoms with E-state index in [1.54, 1.807) is 8.99 Å². The lowest BCUT2D eigenvalue weighted by Gasteiger charge is -2.32. The van der Waals surface area contributed by atoms with Gasteiger partial charge in [0.15, 0.2) is 0 Å². The first-order valence-corrected chi connectivity index (χ1v) is 9.55. The van der Waals surface area contributed by atoms with Crippen molar-refractivity contribution in [3.05, 3.63) is 47.8 Å². The summed E-state index contributed by atoms with van der Waals surface area (Å²) in [6.07, 6.45) is 3.41. The molecule has 0 saturated carbocycles. The van der Waals surface area contributed by atoms with Crippen LogP contribution in [0.5, 0.6) is 0 Å². The van der Waals surface area contributed by atoms with E-state index in [0.717, 1.165) is 12.8 Å². The van der Waals surface area contributed by atoms with Crippen LogP contribution in [-0.4, -0.2) is 35.6 Å². The molecule has 2 heterocycles. The molecule has 0 amide bonds. The van der Waals surface area contributed by atoms with E-state index >= 15 is 0 Å². The van der Waals surface area contributed by atoms with Crippen LogP contribution in [0.3, 0.4) is 0 Å². The van der Waals surface area contributed by atoms with Gasteiger partial charge in [0.05, 0.1) is 11.9 Å². The van der Waals surface area contributed by atoms with Crippen LogP contribution in [0.25, 0.3) is 0 Å². The minimum Gasteiger partial charge on any atom is -0.269 e. The Morgan fingerprint density at radius 2 is 2.00 bits per heavy atom. The van der Waals surface area contributed by atoms with Crippen molar-refractivity contribution < 1.29 is 8.42 Å². The third-order valence-electron chi connectivity index (χ3n) is 4.63. The Morgan fingerprint density at radius 1 is 1.26 bits per heavy atom. The van der Waals surface area contributed by atoms with E-state index in [-0.39, 0.29) is 5.92 Å². The van der Waals surface area contributed by atoms with E-state index in [1.807, 2.05) is 32.0 Å². The van der Waals surface area contributed by atoms with Gasteiger partial charge in [-0.25, -0.2) is 8.42 Å². The first-order valence-electron chi connectivity index (χ1n) is 8.11. The van der Waals surface area contributed by atoms with Gasteiger partial charge in [0.25, 0.3) is 0 Å². The number of sulfonamides is 1. The van der Waals surface area contributed by atoms with Crippen LogP contribution in [-0.2, 0) is 16.6 Å². The van der Waals surface area contributed by atoms with Crippen molar-refractivity contribution in [2.45, 2.75) is 44.0 Å². The summed E-state index contributed by atoms with van der Waals surface area (Å²) in [5, 5.41) is 4.18. The van der Waals surface area contributed by atoms with Crippen molar-refractivity contribution in [1.82, 2.24) is 14.1 Å². The molecule has 0 N–H and O–H groups in total. The van der Waals surface area contributed by atoms with Crippen LogP contribution in [0.2, 0.25) is 0 Å². The van der Waals surface area contributed by atoms with E-state index in [2.05, 4.69) is 17.2 Å². The van der Waals surface area contributed by atoms with Gasteiger partial charge in [-0.1, -0.05) is 30.3 Å². The number of aryl methyl sites for hydroxylation is 1. The van der Waals surface area contributed by atoms with E-state index in [9.17, 15) is 8.42 Å². The zero-order valence-electron chi connectivity index (χ0n) is 13.6. The van der Waals surface area contributed by atoms with Gasteiger partial charge in [0.2, 0.25) is 10.0 Å². The van der Waals surface area contributed by atoms with Crippen molar-refractivity contribution in [3.8, 4) is 0 Å². The fraction of sp³-hybridized carbons (Fsp3) is 0.471. The highest BCUT2D eigenvalue weighted by Crippen LogP contribution is 2.30. The smallest absolute Gasteiger partial charge is 0.246 e. The molecule has 5 nitrogen and oxygen atoms in total. The average Bonchev–Trinajstić information content (AvgIpc) is 2.97. The lowest BCUT2D eigenvalue weighted by atomic mass is 9.92. The predicted octanol–water partition coefficient (Wildman–Crippen LogP) is 2.78. The normalized spacial score (nSPS) is 19.8. The highest BCUT2D eigenvalue weighted by atomic mass is 32.2. The number of rotatable bonds is 4. The third kappa shape index (κ3) is 3.05. The summed E-state index contributed by atoms with van der Waals surface area (Å²) in [6.45, 7) is 5.59. The van der Waals surface area contributed by atoms with Crippen LogP contribution >= 0.6 is 0 Å². The molecule has 0 radical (unpaired) electrons. The van der Waals surface area contributed by atoms with E-state index < -0.39 is 10.0 Å². The molecule has 0 spiro atoms. The summed E-state index contributed by atoms with van der Waals surface area (Å²) < 4.78 is 29.3. The molecule has 1 aromatic carbocycles. The first kappa shape index (κ1) is 16.2.